The van der Waals surface area contributed by atoms with E-state index in [0.717, 1.165) is 0 Å². The van der Waals surface area contributed by atoms with Crippen molar-refractivity contribution in [2.24, 2.45) is 10.9 Å². The number of hydrogen-bond donors (Lipinski definition) is 2. The number of hydrogen-bond acceptors (Lipinski definition) is 5. The summed E-state index contributed by atoms with van der Waals surface area (Å²) in [6.07, 6.45) is 1.66. The average molecular weight is 255 g/mol. The van der Waals surface area contributed by atoms with Gasteiger partial charge >= 0.3 is 0 Å². The normalized spacial score (nSPS) is 11.9. The zero-order valence-electron chi connectivity index (χ0n) is 10.8. The standard InChI is InChI=1S/C11H18FN5O/c1-7(2)17(5-4-9(13)16-18)11-10(12)8(3)14-6-15-11/h6-7,18H,4-5H2,1-3H3,(H2,13,16). The maximum absolute atomic E-state index is 13.9. The second-order valence-corrected chi connectivity index (χ2v) is 4.23. The molecule has 0 aliphatic rings. The Kier molecular flexibility index (Phi) is 4.82. The van der Waals surface area contributed by atoms with Gasteiger partial charge < -0.3 is 15.8 Å². The van der Waals surface area contributed by atoms with Gasteiger partial charge in [-0.05, 0) is 20.8 Å². The molecule has 0 fully saturated rings. The molecule has 1 aromatic heterocycles. The van der Waals surface area contributed by atoms with Gasteiger partial charge in [0.15, 0.2) is 11.6 Å². The van der Waals surface area contributed by atoms with Crippen LogP contribution in [0.15, 0.2) is 11.5 Å². The van der Waals surface area contributed by atoms with Crippen LogP contribution in [0.25, 0.3) is 0 Å². The van der Waals surface area contributed by atoms with Gasteiger partial charge in [-0.3, -0.25) is 0 Å². The maximum atomic E-state index is 13.9. The lowest BCUT2D eigenvalue weighted by molar-refractivity contribution is 0.317. The quantitative estimate of drug-likeness (QED) is 0.358. The highest BCUT2D eigenvalue weighted by Gasteiger charge is 2.18. The van der Waals surface area contributed by atoms with Crippen molar-refractivity contribution >= 4 is 11.7 Å². The summed E-state index contributed by atoms with van der Waals surface area (Å²) in [7, 11) is 0. The highest BCUT2D eigenvalue weighted by molar-refractivity contribution is 5.80. The predicted molar refractivity (Wildman–Crippen MR) is 67.2 cm³/mol. The van der Waals surface area contributed by atoms with Crippen molar-refractivity contribution in [3.05, 3.63) is 17.8 Å². The Morgan fingerprint density at radius 3 is 2.78 bits per heavy atom. The molecule has 0 atom stereocenters. The monoisotopic (exact) mass is 255 g/mol. The number of amidine groups is 1. The Balaban J connectivity index is 2.94. The number of nitrogens with zero attached hydrogens (tertiary/aromatic N) is 4. The molecule has 0 saturated carbocycles. The largest absolute Gasteiger partial charge is 0.409 e. The van der Waals surface area contributed by atoms with E-state index in [0.29, 0.717) is 18.7 Å². The van der Waals surface area contributed by atoms with Gasteiger partial charge in [0, 0.05) is 19.0 Å². The van der Waals surface area contributed by atoms with Crippen LogP contribution in [0.3, 0.4) is 0 Å². The summed E-state index contributed by atoms with van der Waals surface area (Å²) < 4.78 is 13.9. The molecule has 100 valence electrons. The minimum atomic E-state index is -0.439. The van der Waals surface area contributed by atoms with Crippen molar-refractivity contribution in [2.75, 3.05) is 11.4 Å². The Hall–Kier alpha value is -1.92. The fraction of sp³-hybridized carbons (Fsp3) is 0.545. The molecule has 6 nitrogen and oxygen atoms in total. The Morgan fingerprint density at radius 1 is 1.56 bits per heavy atom. The summed E-state index contributed by atoms with van der Waals surface area (Å²) in [5, 5.41) is 11.4. The lowest BCUT2D eigenvalue weighted by Crippen LogP contribution is -2.35. The summed E-state index contributed by atoms with van der Waals surface area (Å²) in [4.78, 5) is 9.50. The number of aromatic nitrogens is 2. The molecule has 0 spiro atoms. The highest BCUT2D eigenvalue weighted by atomic mass is 19.1. The van der Waals surface area contributed by atoms with Gasteiger partial charge in [0.25, 0.3) is 0 Å². The van der Waals surface area contributed by atoms with E-state index in [4.69, 9.17) is 10.9 Å². The molecule has 3 N–H and O–H groups in total. The van der Waals surface area contributed by atoms with Crippen molar-refractivity contribution in [3.63, 3.8) is 0 Å². The first kappa shape index (κ1) is 14.1. The van der Waals surface area contributed by atoms with E-state index >= 15 is 0 Å². The van der Waals surface area contributed by atoms with Crippen molar-refractivity contribution in [1.82, 2.24) is 9.97 Å². The summed E-state index contributed by atoms with van der Waals surface area (Å²) in [5.74, 6) is -0.0965. The van der Waals surface area contributed by atoms with Crippen molar-refractivity contribution < 1.29 is 9.60 Å². The third-order valence-electron chi connectivity index (χ3n) is 2.58. The Morgan fingerprint density at radius 2 is 2.22 bits per heavy atom. The van der Waals surface area contributed by atoms with Crippen LogP contribution in [0, 0.1) is 12.7 Å². The van der Waals surface area contributed by atoms with Gasteiger partial charge in [0.2, 0.25) is 0 Å². The molecular formula is C11H18FN5O. The first-order valence-electron chi connectivity index (χ1n) is 5.67. The SMILES string of the molecule is Cc1ncnc(N(CCC(N)=NO)C(C)C)c1F. The molecule has 1 heterocycles. The molecule has 18 heavy (non-hydrogen) atoms. The fourth-order valence-corrected chi connectivity index (χ4v) is 1.54. The van der Waals surface area contributed by atoms with Gasteiger partial charge in [-0.1, -0.05) is 5.16 Å². The molecule has 0 unspecified atom stereocenters. The maximum Gasteiger partial charge on any atom is 0.186 e. The second-order valence-electron chi connectivity index (χ2n) is 4.23. The van der Waals surface area contributed by atoms with Crippen LogP contribution < -0.4 is 10.6 Å². The Labute approximate surface area is 105 Å². The van der Waals surface area contributed by atoms with E-state index in [1.54, 1.807) is 11.8 Å². The highest BCUT2D eigenvalue weighted by Crippen LogP contribution is 2.19. The molecule has 7 heteroatoms. The van der Waals surface area contributed by atoms with Gasteiger partial charge in [-0.15, -0.1) is 0 Å². The van der Waals surface area contributed by atoms with E-state index in [1.165, 1.54) is 6.33 Å². The molecule has 0 bridgehead atoms. The van der Waals surface area contributed by atoms with E-state index in [2.05, 4.69) is 15.1 Å². The van der Waals surface area contributed by atoms with Crippen LogP contribution in [0.1, 0.15) is 26.0 Å². The third kappa shape index (κ3) is 3.28. The minimum Gasteiger partial charge on any atom is -0.409 e. The second kappa shape index (κ2) is 6.13. The van der Waals surface area contributed by atoms with Crippen LogP contribution in [-0.2, 0) is 0 Å². The fourth-order valence-electron chi connectivity index (χ4n) is 1.54. The molecular weight excluding hydrogens is 237 g/mol. The lowest BCUT2D eigenvalue weighted by atomic mass is 10.2. The number of oxime groups is 1. The van der Waals surface area contributed by atoms with E-state index in [1.807, 2.05) is 13.8 Å². The van der Waals surface area contributed by atoms with Crippen molar-refractivity contribution in [2.45, 2.75) is 33.2 Å². The topological polar surface area (TPSA) is 87.6 Å². The Bertz CT molecular complexity index is 435. The molecule has 0 aromatic carbocycles. The number of nitrogens with two attached hydrogens (primary N) is 1. The van der Waals surface area contributed by atoms with E-state index < -0.39 is 5.82 Å². The number of anilines is 1. The van der Waals surface area contributed by atoms with Crippen molar-refractivity contribution in [3.8, 4) is 0 Å². The summed E-state index contributed by atoms with van der Waals surface area (Å²) in [5.41, 5.74) is 5.71. The summed E-state index contributed by atoms with van der Waals surface area (Å²) in [6, 6.07) is 0.0419. The first-order valence-corrected chi connectivity index (χ1v) is 5.67. The van der Waals surface area contributed by atoms with Crippen LogP contribution >= 0.6 is 0 Å². The lowest BCUT2D eigenvalue weighted by Gasteiger charge is -2.28. The van der Waals surface area contributed by atoms with Crippen molar-refractivity contribution in [1.29, 1.82) is 0 Å². The smallest absolute Gasteiger partial charge is 0.186 e. The van der Waals surface area contributed by atoms with Crippen LogP contribution in [0.5, 0.6) is 0 Å². The van der Waals surface area contributed by atoms with E-state index in [-0.39, 0.29) is 17.7 Å². The van der Waals surface area contributed by atoms with E-state index in [9.17, 15) is 4.39 Å². The minimum absolute atomic E-state index is 0.0419. The summed E-state index contributed by atoms with van der Waals surface area (Å²) in [6.45, 7) is 5.84. The van der Waals surface area contributed by atoms with Gasteiger partial charge in [-0.2, -0.15) is 0 Å². The van der Waals surface area contributed by atoms with Gasteiger partial charge in [0.1, 0.15) is 12.2 Å². The molecule has 0 amide bonds. The molecule has 1 rings (SSSR count). The molecule has 0 radical (unpaired) electrons. The van der Waals surface area contributed by atoms with Gasteiger partial charge in [-0.25, -0.2) is 14.4 Å². The third-order valence-corrected chi connectivity index (χ3v) is 2.58. The molecule has 1 aromatic rings. The van der Waals surface area contributed by atoms with Crippen LogP contribution in [0.4, 0.5) is 10.2 Å². The molecule has 0 aliphatic heterocycles. The zero-order chi connectivity index (χ0) is 13.7. The summed E-state index contributed by atoms with van der Waals surface area (Å²) >= 11 is 0. The molecule has 0 aliphatic carbocycles. The number of aryl methyl sites for hydroxylation is 1. The average Bonchev–Trinajstić information content (AvgIpc) is 2.33. The zero-order valence-corrected chi connectivity index (χ0v) is 10.8. The van der Waals surface area contributed by atoms with Gasteiger partial charge in [0.05, 0.1) is 5.69 Å². The first-order chi connectivity index (χ1) is 8.47. The van der Waals surface area contributed by atoms with Crippen LogP contribution in [-0.4, -0.2) is 33.6 Å². The predicted octanol–water partition coefficient (Wildman–Crippen LogP) is 1.28. The molecule has 0 saturated heterocycles. The number of rotatable bonds is 5. The van der Waals surface area contributed by atoms with Crippen LogP contribution in [0.2, 0.25) is 0 Å². The number of halogens is 1.